The third-order valence-electron chi connectivity index (χ3n) is 2.41. The number of rotatable bonds is 5. The van der Waals surface area contributed by atoms with Gasteiger partial charge in [-0.15, -0.1) is 6.58 Å². The van der Waals surface area contributed by atoms with Crippen LogP contribution in [0, 0.1) is 0 Å². The number of hydrogen-bond acceptors (Lipinski definition) is 2. The van der Waals surface area contributed by atoms with Crippen LogP contribution in [0.25, 0.3) is 0 Å². The molecular weight excluding hydrogens is 148 g/mol. The van der Waals surface area contributed by atoms with Gasteiger partial charge in [-0.25, -0.2) is 0 Å². The minimum Gasteiger partial charge on any atom is -0.302 e. The first kappa shape index (κ1) is 9.75. The molecule has 0 aromatic rings. The van der Waals surface area contributed by atoms with Crippen molar-refractivity contribution in [1.29, 1.82) is 0 Å². The monoisotopic (exact) mass is 168 g/mol. The molecule has 0 aromatic carbocycles. The molecule has 2 nitrogen and oxygen atoms in total. The van der Waals surface area contributed by atoms with Gasteiger partial charge in [0.25, 0.3) is 0 Å². The molecule has 0 spiro atoms. The summed E-state index contributed by atoms with van der Waals surface area (Å²) in [6.07, 6.45) is 8.84. The molecule has 2 heteroatoms. The Morgan fingerprint density at radius 2 is 2.00 bits per heavy atom. The fraction of sp³-hybridized carbons (Fsp3) is 0.800. The van der Waals surface area contributed by atoms with Gasteiger partial charge in [0.1, 0.15) is 0 Å². The fourth-order valence-corrected chi connectivity index (χ4v) is 1.70. The van der Waals surface area contributed by atoms with Crippen LogP contribution in [0.1, 0.15) is 32.1 Å². The van der Waals surface area contributed by atoms with Crippen molar-refractivity contribution in [2.45, 2.75) is 38.1 Å². The van der Waals surface area contributed by atoms with Gasteiger partial charge in [0.15, 0.2) is 0 Å². The van der Waals surface area contributed by atoms with Gasteiger partial charge in [-0.2, -0.15) is 0 Å². The zero-order valence-corrected chi connectivity index (χ0v) is 7.81. The van der Waals surface area contributed by atoms with Crippen LogP contribution in [0.4, 0.5) is 0 Å². The molecule has 0 heterocycles. The second-order valence-electron chi connectivity index (χ2n) is 3.46. The van der Waals surface area contributed by atoms with Crippen molar-refractivity contribution < 1.29 is 0 Å². The molecule has 0 unspecified atom stereocenters. The number of nitrogens with one attached hydrogen (secondary N) is 2. The van der Waals surface area contributed by atoms with E-state index in [4.69, 9.17) is 0 Å². The van der Waals surface area contributed by atoms with E-state index in [2.05, 4.69) is 17.2 Å². The normalized spacial score (nSPS) is 19.3. The maximum absolute atomic E-state index is 3.65. The Morgan fingerprint density at radius 3 is 2.67 bits per heavy atom. The van der Waals surface area contributed by atoms with E-state index in [0.29, 0.717) is 0 Å². The molecule has 1 aliphatic carbocycles. The Bertz CT molecular complexity index is 117. The first-order chi connectivity index (χ1) is 5.93. The third-order valence-corrected chi connectivity index (χ3v) is 2.41. The highest BCUT2D eigenvalue weighted by atomic mass is 15.1. The molecule has 1 rings (SSSR count). The second-order valence-corrected chi connectivity index (χ2v) is 3.46. The lowest BCUT2D eigenvalue weighted by molar-refractivity contribution is 0.366. The van der Waals surface area contributed by atoms with Crippen molar-refractivity contribution in [3.63, 3.8) is 0 Å². The van der Waals surface area contributed by atoms with E-state index in [0.717, 1.165) is 19.3 Å². The van der Waals surface area contributed by atoms with Crippen molar-refractivity contribution in [1.82, 2.24) is 10.6 Å². The Hall–Kier alpha value is -0.340. The molecule has 0 aromatic heterocycles. The Morgan fingerprint density at radius 1 is 1.25 bits per heavy atom. The number of hydrogen-bond donors (Lipinski definition) is 2. The van der Waals surface area contributed by atoms with Gasteiger partial charge < -0.3 is 10.6 Å². The molecule has 0 aliphatic heterocycles. The maximum atomic E-state index is 3.65. The first-order valence-electron chi connectivity index (χ1n) is 4.98. The van der Waals surface area contributed by atoms with Crippen molar-refractivity contribution in [3.8, 4) is 0 Å². The van der Waals surface area contributed by atoms with E-state index >= 15 is 0 Å². The smallest absolute Gasteiger partial charge is 0.0458 e. The molecule has 0 bridgehead atoms. The van der Waals surface area contributed by atoms with Gasteiger partial charge in [0, 0.05) is 19.3 Å². The lowest BCUT2D eigenvalue weighted by Crippen LogP contribution is -2.38. The van der Waals surface area contributed by atoms with Gasteiger partial charge in [-0.05, 0) is 12.8 Å². The summed E-state index contributed by atoms with van der Waals surface area (Å²) >= 11 is 0. The molecular formula is C10H20N2. The summed E-state index contributed by atoms with van der Waals surface area (Å²) in [5.74, 6) is 0. The molecule has 1 aliphatic rings. The van der Waals surface area contributed by atoms with E-state index in [1.807, 2.05) is 6.08 Å². The standard InChI is InChI=1S/C10H20N2/c1-2-8-11-9-12-10-6-4-3-5-7-10/h2,10-12H,1,3-9H2. The molecule has 0 amide bonds. The summed E-state index contributed by atoms with van der Waals surface area (Å²) in [4.78, 5) is 0. The van der Waals surface area contributed by atoms with Crippen LogP contribution < -0.4 is 10.6 Å². The molecule has 0 atom stereocenters. The van der Waals surface area contributed by atoms with Crippen LogP contribution in [0.15, 0.2) is 12.7 Å². The summed E-state index contributed by atoms with van der Waals surface area (Å²) in [6.45, 7) is 5.48. The van der Waals surface area contributed by atoms with Crippen molar-refractivity contribution >= 4 is 0 Å². The zero-order chi connectivity index (χ0) is 8.65. The molecule has 1 fully saturated rings. The molecule has 0 radical (unpaired) electrons. The van der Waals surface area contributed by atoms with Crippen LogP contribution in [0.2, 0.25) is 0 Å². The second kappa shape index (κ2) is 6.21. The summed E-state index contributed by atoms with van der Waals surface area (Å²) < 4.78 is 0. The third kappa shape index (κ3) is 3.88. The zero-order valence-electron chi connectivity index (χ0n) is 7.81. The van der Waals surface area contributed by atoms with E-state index < -0.39 is 0 Å². The van der Waals surface area contributed by atoms with Crippen LogP contribution >= 0.6 is 0 Å². The molecule has 1 saturated carbocycles. The van der Waals surface area contributed by atoms with Crippen LogP contribution in [-0.2, 0) is 0 Å². The quantitative estimate of drug-likeness (QED) is 0.370. The topological polar surface area (TPSA) is 24.1 Å². The predicted molar refractivity (Wildman–Crippen MR) is 53.1 cm³/mol. The Kier molecular flexibility index (Phi) is 5.04. The molecule has 70 valence electrons. The molecule has 12 heavy (non-hydrogen) atoms. The minimum atomic E-state index is 0.760. The average molecular weight is 168 g/mol. The van der Waals surface area contributed by atoms with Crippen LogP contribution in [0.5, 0.6) is 0 Å². The van der Waals surface area contributed by atoms with Crippen LogP contribution in [0.3, 0.4) is 0 Å². The Balaban J connectivity index is 1.94. The average Bonchev–Trinajstić information content (AvgIpc) is 2.14. The van der Waals surface area contributed by atoms with Gasteiger partial charge in [0.2, 0.25) is 0 Å². The highest BCUT2D eigenvalue weighted by Crippen LogP contribution is 2.16. The maximum Gasteiger partial charge on any atom is 0.0458 e. The van der Waals surface area contributed by atoms with Crippen molar-refractivity contribution in [2.24, 2.45) is 0 Å². The summed E-state index contributed by atoms with van der Waals surface area (Å²) in [5, 5.41) is 6.75. The van der Waals surface area contributed by atoms with E-state index in [1.54, 1.807) is 0 Å². The van der Waals surface area contributed by atoms with Crippen LogP contribution in [-0.4, -0.2) is 19.3 Å². The lowest BCUT2D eigenvalue weighted by atomic mass is 9.96. The van der Waals surface area contributed by atoms with E-state index in [9.17, 15) is 0 Å². The lowest BCUT2D eigenvalue weighted by Gasteiger charge is -2.22. The molecule has 2 N–H and O–H groups in total. The van der Waals surface area contributed by atoms with E-state index in [1.165, 1.54) is 32.1 Å². The first-order valence-corrected chi connectivity index (χ1v) is 4.98. The van der Waals surface area contributed by atoms with E-state index in [-0.39, 0.29) is 0 Å². The van der Waals surface area contributed by atoms with Gasteiger partial charge >= 0.3 is 0 Å². The van der Waals surface area contributed by atoms with Crippen molar-refractivity contribution in [3.05, 3.63) is 12.7 Å². The van der Waals surface area contributed by atoms with Gasteiger partial charge in [0.05, 0.1) is 0 Å². The SMILES string of the molecule is C=CCNCNC1CCCCC1. The Labute approximate surface area is 75.4 Å². The summed E-state index contributed by atoms with van der Waals surface area (Å²) in [6, 6.07) is 0.760. The predicted octanol–water partition coefficient (Wildman–Crippen LogP) is 1.64. The fourth-order valence-electron chi connectivity index (χ4n) is 1.70. The highest BCUT2D eigenvalue weighted by molar-refractivity contribution is 4.73. The summed E-state index contributed by atoms with van der Waals surface area (Å²) in [5.41, 5.74) is 0. The van der Waals surface area contributed by atoms with Gasteiger partial charge in [-0.1, -0.05) is 25.3 Å². The minimum absolute atomic E-state index is 0.760. The van der Waals surface area contributed by atoms with Crippen molar-refractivity contribution in [2.75, 3.05) is 13.2 Å². The molecule has 0 saturated heterocycles. The summed E-state index contributed by atoms with van der Waals surface area (Å²) in [7, 11) is 0. The largest absolute Gasteiger partial charge is 0.302 e. The van der Waals surface area contributed by atoms with Gasteiger partial charge in [-0.3, -0.25) is 0 Å². The highest BCUT2D eigenvalue weighted by Gasteiger charge is 2.11.